The van der Waals surface area contributed by atoms with Crippen LogP contribution in [0.5, 0.6) is 0 Å². The van der Waals surface area contributed by atoms with Crippen molar-refractivity contribution in [3.8, 4) is 0 Å². The molecule has 2 rings (SSSR count). The third kappa shape index (κ3) is 2.83. The van der Waals surface area contributed by atoms with E-state index in [2.05, 4.69) is 21.2 Å². The molecule has 0 fully saturated rings. The van der Waals surface area contributed by atoms with Crippen molar-refractivity contribution in [2.24, 2.45) is 0 Å². The standard InChI is InChI=1S/C12H12BrNO4/c1-12(16,9-3-2-6-17-9)7-14-11(15)8-4-5-10(13)18-8/h2-6,16H,7H2,1H3,(H,14,15)/t12-/m1/s1. The minimum absolute atomic E-state index is 0.0255. The van der Waals surface area contributed by atoms with Gasteiger partial charge in [-0.05, 0) is 47.1 Å². The van der Waals surface area contributed by atoms with Crippen molar-refractivity contribution in [2.75, 3.05) is 6.54 Å². The van der Waals surface area contributed by atoms with Crippen LogP contribution in [0.1, 0.15) is 23.2 Å². The quantitative estimate of drug-likeness (QED) is 0.908. The first-order chi connectivity index (χ1) is 8.49. The summed E-state index contributed by atoms with van der Waals surface area (Å²) in [4.78, 5) is 11.7. The van der Waals surface area contributed by atoms with Crippen molar-refractivity contribution in [3.63, 3.8) is 0 Å². The summed E-state index contributed by atoms with van der Waals surface area (Å²) in [6, 6.07) is 6.49. The van der Waals surface area contributed by atoms with E-state index >= 15 is 0 Å². The van der Waals surface area contributed by atoms with Crippen LogP contribution in [0.15, 0.2) is 44.0 Å². The van der Waals surface area contributed by atoms with Crippen LogP contribution in [-0.2, 0) is 5.60 Å². The minimum atomic E-state index is -1.26. The van der Waals surface area contributed by atoms with E-state index in [9.17, 15) is 9.90 Å². The van der Waals surface area contributed by atoms with Gasteiger partial charge < -0.3 is 19.3 Å². The fraction of sp³-hybridized carbons (Fsp3) is 0.250. The highest BCUT2D eigenvalue weighted by atomic mass is 79.9. The fourth-order valence-electron chi connectivity index (χ4n) is 1.45. The average molecular weight is 314 g/mol. The molecule has 0 bridgehead atoms. The second-order valence-electron chi connectivity index (χ2n) is 4.04. The monoisotopic (exact) mass is 313 g/mol. The maximum atomic E-state index is 11.7. The summed E-state index contributed by atoms with van der Waals surface area (Å²) in [6.45, 7) is 1.59. The van der Waals surface area contributed by atoms with E-state index in [-0.39, 0.29) is 12.3 Å². The molecule has 1 amide bonds. The molecule has 2 aromatic rings. The first-order valence-electron chi connectivity index (χ1n) is 5.29. The first kappa shape index (κ1) is 12.9. The number of carbonyl (C=O) groups excluding carboxylic acids is 1. The molecule has 0 saturated heterocycles. The van der Waals surface area contributed by atoms with Gasteiger partial charge in [0, 0.05) is 0 Å². The van der Waals surface area contributed by atoms with Crippen LogP contribution in [0.3, 0.4) is 0 Å². The zero-order valence-corrected chi connectivity index (χ0v) is 11.2. The molecule has 18 heavy (non-hydrogen) atoms. The molecule has 0 aliphatic heterocycles. The van der Waals surface area contributed by atoms with E-state index < -0.39 is 11.5 Å². The Morgan fingerprint density at radius 1 is 1.50 bits per heavy atom. The molecule has 96 valence electrons. The lowest BCUT2D eigenvalue weighted by molar-refractivity contribution is 0.0326. The van der Waals surface area contributed by atoms with Crippen molar-refractivity contribution < 1.29 is 18.7 Å². The highest BCUT2D eigenvalue weighted by Crippen LogP contribution is 2.20. The van der Waals surface area contributed by atoms with E-state index in [1.807, 2.05) is 0 Å². The zero-order chi connectivity index (χ0) is 13.2. The molecule has 2 N–H and O–H groups in total. The van der Waals surface area contributed by atoms with Crippen molar-refractivity contribution in [1.29, 1.82) is 0 Å². The average Bonchev–Trinajstić information content (AvgIpc) is 2.96. The van der Waals surface area contributed by atoms with E-state index in [0.717, 1.165) is 0 Å². The number of hydrogen-bond donors (Lipinski definition) is 2. The molecule has 0 spiro atoms. The van der Waals surface area contributed by atoms with Gasteiger partial charge in [0.15, 0.2) is 10.4 Å². The molecule has 0 aliphatic rings. The third-order valence-electron chi connectivity index (χ3n) is 2.44. The molecule has 0 radical (unpaired) electrons. The second kappa shape index (κ2) is 4.99. The Kier molecular flexibility index (Phi) is 3.58. The van der Waals surface area contributed by atoms with E-state index in [1.165, 1.54) is 6.26 Å². The third-order valence-corrected chi connectivity index (χ3v) is 2.87. The number of nitrogens with one attached hydrogen (secondary N) is 1. The van der Waals surface area contributed by atoms with Gasteiger partial charge >= 0.3 is 0 Å². The molecular formula is C12H12BrNO4. The van der Waals surface area contributed by atoms with E-state index in [1.54, 1.807) is 31.2 Å². The highest BCUT2D eigenvalue weighted by Gasteiger charge is 2.27. The molecule has 0 aromatic carbocycles. The summed E-state index contributed by atoms with van der Waals surface area (Å²) < 4.78 is 10.7. The van der Waals surface area contributed by atoms with Crippen LogP contribution >= 0.6 is 15.9 Å². The van der Waals surface area contributed by atoms with Gasteiger partial charge in [0.05, 0.1) is 12.8 Å². The predicted octanol–water partition coefficient (Wildman–Crippen LogP) is 2.27. The Labute approximate surface area is 112 Å². The van der Waals surface area contributed by atoms with Crippen molar-refractivity contribution in [1.82, 2.24) is 5.32 Å². The van der Waals surface area contributed by atoms with Gasteiger partial charge in [-0.2, -0.15) is 0 Å². The Morgan fingerprint density at radius 2 is 2.28 bits per heavy atom. The summed E-state index contributed by atoms with van der Waals surface area (Å²) in [6.07, 6.45) is 1.47. The molecule has 0 unspecified atom stereocenters. The SMILES string of the molecule is C[C@@](O)(CNC(=O)c1ccc(Br)o1)c1ccco1. The zero-order valence-electron chi connectivity index (χ0n) is 9.64. The normalized spacial score (nSPS) is 14.2. The second-order valence-corrected chi connectivity index (χ2v) is 4.82. The van der Waals surface area contributed by atoms with Crippen LogP contribution in [-0.4, -0.2) is 17.6 Å². The minimum Gasteiger partial charge on any atom is -0.466 e. The summed E-state index contributed by atoms with van der Waals surface area (Å²) in [5.74, 6) is 0.174. The lowest BCUT2D eigenvalue weighted by Gasteiger charge is -2.20. The Bertz CT molecular complexity index is 530. The van der Waals surface area contributed by atoms with Gasteiger partial charge in [0.1, 0.15) is 11.4 Å². The number of hydrogen-bond acceptors (Lipinski definition) is 4. The predicted molar refractivity (Wildman–Crippen MR) is 67.0 cm³/mol. The van der Waals surface area contributed by atoms with Crippen molar-refractivity contribution in [2.45, 2.75) is 12.5 Å². The maximum Gasteiger partial charge on any atom is 0.287 e. The number of aliphatic hydroxyl groups is 1. The topological polar surface area (TPSA) is 75.6 Å². The summed E-state index contributed by atoms with van der Waals surface area (Å²) in [5, 5.41) is 12.7. The van der Waals surface area contributed by atoms with Crippen LogP contribution < -0.4 is 5.32 Å². The van der Waals surface area contributed by atoms with Crippen LogP contribution in [0, 0.1) is 0 Å². The number of carbonyl (C=O) groups is 1. The van der Waals surface area contributed by atoms with Crippen LogP contribution in [0.4, 0.5) is 0 Å². The molecule has 6 heteroatoms. The maximum absolute atomic E-state index is 11.7. The van der Waals surface area contributed by atoms with Gasteiger partial charge in [0.2, 0.25) is 0 Å². The molecule has 2 heterocycles. The molecule has 2 aromatic heterocycles. The highest BCUT2D eigenvalue weighted by molar-refractivity contribution is 9.10. The fourth-order valence-corrected chi connectivity index (χ4v) is 1.75. The van der Waals surface area contributed by atoms with Crippen LogP contribution in [0.2, 0.25) is 0 Å². The van der Waals surface area contributed by atoms with E-state index in [0.29, 0.717) is 10.4 Å². The van der Waals surface area contributed by atoms with Crippen molar-refractivity contribution in [3.05, 3.63) is 46.7 Å². The van der Waals surface area contributed by atoms with Gasteiger partial charge in [-0.1, -0.05) is 0 Å². The first-order valence-corrected chi connectivity index (χ1v) is 6.08. The van der Waals surface area contributed by atoms with Gasteiger partial charge in [-0.3, -0.25) is 4.79 Å². The lowest BCUT2D eigenvalue weighted by Crippen LogP contribution is -2.38. The summed E-state index contributed by atoms with van der Waals surface area (Å²) >= 11 is 3.11. The molecule has 0 aliphatic carbocycles. The molecular weight excluding hydrogens is 302 g/mol. The number of halogens is 1. The van der Waals surface area contributed by atoms with Crippen LogP contribution in [0.25, 0.3) is 0 Å². The molecule has 5 nitrogen and oxygen atoms in total. The largest absolute Gasteiger partial charge is 0.466 e. The lowest BCUT2D eigenvalue weighted by atomic mass is 10.0. The number of furan rings is 2. The van der Waals surface area contributed by atoms with Crippen molar-refractivity contribution >= 4 is 21.8 Å². The van der Waals surface area contributed by atoms with Gasteiger partial charge in [-0.25, -0.2) is 0 Å². The molecule has 1 atom stereocenters. The Morgan fingerprint density at radius 3 is 2.83 bits per heavy atom. The number of amides is 1. The molecule has 0 saturated carbocycles. The summed E-state index contributed by atoms with van der Waals surface area (Å²) in [7, 11) is 0. The van der Waals surface area contributed by atoms with Gasteiger partial charge in [0.25, 0.3) is 5.91 Å². The summed E-state index contributed by atoms with van der Waals surface area (Å²) in [5.41, 5.74) is -1.26. The van der Waals surface area contributed by atoms with Gasteiger partial charge in [-0.15, -0.1) is 0 Å². The Hall–Kier alpha value is -1.53. The number of rotatable bonds is 4. The smallest absolute Gasteiger partial charge is 0.287 e. The van der Waals surface area contributed by atoms with E-state index in [4.69, 9.17) is 8.83 Å². The Balaban J connectivity index is 1.98.